The minimum Gasteiger partial charge on any atom is -0.459 e. The Morgan fingerprint density at radius 2 is 1.78 bits per heavy atom. The van der Waals surface area contributed by atoms with E-state index in [-0.39, 0.29) is 37.0 Å². The first-order valence-electron chi connectivity index (χ1n) is 13.2. The molecule has 0 amide bonds. The highest BCUT2D eigenvalue weighted by Crippen LogP contribution is 2.50. The van der Waals surface area contributed by atoms with Crippen molar-refractivity contribution >= 4 is 24.8 Å². The summed E-state index contributed by atoms with van der Waals surface area (Å²) in [5.41, 5.74) is 3.69. The van der Waals surface area contributed by atoms with Crippen LogP contribution in [0.15, 0.2) is 57.5 Å². The van der Waals surface area contributed by atoms with E-state index in [1.807, 2.05) is 12.1 Å². The van der Waals surface area contributed by atoms with Crippen LogP contribution in [0.2, 0.25) is 6.32 Å². The number of carbonyl (C=O) groups is 2. The fourth-order valence-corrected chi connectivity index (χ4v) is 6.48. The zero-order valence-electron chi connectivity index (χ0n) is 21.1. The molecule has 1 fully saturated rings. The number of hydrogen-bond acceptors (Lipinski definition) is 7. The van der Waals surface area contributed by atoms with Crippen molar-refractivity contribution in [3.63, 3.8) is 0 Å². The van der Waals surface area contributed by atoms with Gasteiger partial charge in [-0.1, -0.05) is 43.2 Å². The summed E-state index contributed by atoms with van der Waals surface area (Å²) < 4.78 is 11.6. The van der Waals surface area contributed by atoms with Crippen LogP contribution >= 0.6 is 0 Å². The molecule has 2 aliphatic carbocycles. The molecule has 4 atom stereocenters. The Hall–Kier alpha value is -2.78. The van der Waals surface area contributed by atoms with Gasteiger partial charge in [0, 0.05) is 23.0 Å². The standard InChI is InChI=1S/C29H33BO7/c1-2-5-17(12-19-9-10-20(16-32)36-19)8-11-25-26-18(15-31)13-23-27(24(26)14-30(35)37-25)29(34)22-7-4-3-6-21(22)28(23)33/h3-4,6-7,9-10,12,23-25,27,31-32,35H,2,5,8,11,13-16H2,1H3/b17-12+/t23-,24+,25-,27-/m1/s1. The number of benzene rings is 1. The maximum Gasteiger partial charge on any atom is 0.455 e. The minimum absolute atomic E-state index is 0.0587. The van der Waals surface area contributed by atoms with Gasteiger partial charge in [0.1, 0.15) is 18.1 Å². The van der Waals surface area contributed by atoms with Crippen molar-refractivity contribution in [1.29, 1.82) is 0 Å². The molecule has 3 aliphatic rings. The van der Waals surface area contributed by atoms with Crippen molar-refractivity contribution in [2.75, 3.05) is 6.61 Å². The topological polar surface area (TPSA) is 117 Å². The molecule has 5 rings (SSSR count). The largest absolute Gasteiger partial charge is 0.459 e. The van der Waals surface area contributed by atoms with Gasteiger partial charge in [-0.2, -0.15) is 0 Å². The first-order chi connectivity index (χ1) is 17.9. The predicted octanol–water partition coefficient (Wildman–Crippen LogP) is 4.24. The number of rotatable bonds is 8. The van der Waals surface area contributed by atoms with E-state index in [4.69, 9.17) is 9.07 Å². The highest BCUT2D eigenvalue weighted by atomic mass is 16.5. The lowest BCUT2D eigenvalue weighted by molar-refractivity contribution is 0.0590. The van der Waals surface area contributed by atoms with E-state index in [9.17, 15) is 24.8 Å². The lowest BCUT2D eigenvalue weighted by Gasteiger charge is -2.47. The Labute approximate surface area is 217 Å². The Morgan fingerprint density at radius 1 is 1.03 bits per heavy atom. The van der Waals surface area contributed by atoms with Crippen LogP contribution < -0.4 is 0 Å². The minimum atomic E-state index is -1.05. The molecule has 194 valence electrons. The molecule has 0 bridgehead atoms. The number of allylic oxidation sites excluding steroid dienone is 1. The molecule has 2 aromatic rings. The Morgan fingerprint density at radius 3 is 2.46 bits per heavy atom. The average molecular weight is 504 g/mol. The average Bonchev–Trinajstić information content (AvgIpc) is 3.37. The van der Waals surface area contributed by atoms with Crippen LogP contribution in [0.4, 0.5) is 0 Å². The van der Waals surface area contributed by atoms with E-state index in [1.165, 1.54) is 0 Å². The maximum atomic E-state index is 13.6. The van der Waals surface area contributed by atoms with Crippen LogP contribution in [0.5, 0.6) is 0 Å². The van der Waals surface area contributed by atoms with E-state index >= 15 is 0 Å². The van der Waals surface area contributed by atoms with Gasteiger partial charge in [-0.05, 0) is 67.3 Å². The first-order valence-corrected chi connectivity index (χ1v) is 13.2. The lowest BCUT2D eigenvalue weighted by atomic mass is 9.54. The highest BCUT2D eigenvalue weighted by molar-refractivity contribution is 6.43. The molecule has 7 nitrogen and oxygen atoms in total. The Bertz CT molecular complexity index is 1240. The van der Waals surface area contributed by atoms with Crippen LogP contribution in [-0.2, 0) is 11.3 Å². The van der Waals surface area contributed by atoms with E-state index in [0.29, 0.717) is 41.9 Å². The number of aliphatic hydroxyl groups is 2. The van der Waals surface area contributed by atoms with Gasteiger partial charge in [-0.25, -0.2) is 0 Å². The molecular formula is C29H33BO7. The zero-order chi connectivity index (χ0) is 26.1. The van der Waals surface area contributed by atoms with Gasteiger partial charge in [0.25, 0.3) is 0 Å². The van der Waals surface area contributed by atoms with Crippen molar-refractivity contribution in [3.05, 3.63) is 75.8 Å². The van der Waals surface area contributed by atoms with Crippen molar-refractivity contribution in [2.24, 2.45) is 17.8 Å². The summed E-state index contributed by atoms with van der Waals surface area (Å²) >= 11 is 0. The molecule has 1 aromatic heterocycles. The van der Waals surface area contributed by atoms with Crippen LogP contribution in [0, 0.1) is 17.8 Å². The number of ketones is 2. The molecule has 1 aromatic carbocycles. The molecule has 0 spiro atoms. The van der Waals surface area contributed by atoms with Gasteiger partial charge in [0.2, 0.25) is 0 Å². The van der Waals surface area contributed by atoms with Crippen LogP contribution in [0.1, 0.15) is 71.3 Å². The highest BCUT2D eigenvalue weighted by Gasteiger charge is 2.53. The van der Waals surface area contributed by atoms with Crippen LogP contribution in [0.3, 0.4) is 0 Å². The summed E-state index contributed by atoms with van der Waals surface area (Å²) in [4.78, 5) is 27.0. The van der Waals surface area contributed by atoms with Gasteiger partial charge in [-0.3, -0.25) is 9.59 Å². The molecule has 3 N–H and O–H groups in total. The molecule has 0 radical (unpaired) electrons. The number of aliphatic hydroxyl groups excluding tert-OH is 2. The predicted molar refractivity (Wildman–Crippen MR) is 139 cm³/mol. The van der Waals surface area contributed by atoms with Gasteiger partial charge in [0.15, 0.2) is 11.6 Å². The second-order valence-electron chi connectivity index (χ2n) is 10.3. The summed E-state index contributed by atoms with van der Waals surface area (Å²) in [5.74, 6) is -0.371. The summed E-state index contributed by atoms with van der Waals surface area (Å²) in [6.07, 6.45) is 5.14. The zero-order valence-corrected chi connectivity index (χ0v) is 21.1. The van der Waals surface area contributed by atoms with Gasteiger partial charge in [-0.15, -0.1) is 0 Å². The van der Waals surface area contributed by atoms with Crippen molar-refractivity contribution in [1.82, 2.24) is 0 Å². The number of fused-ring (bicyclic) bond motifs is 4. The summed E-state index contributed by atoms with van der Waals surface area (Å²) in [6.45, 7) is 1.74. The normalized spacial score (nSPS) is 25.7. The lowest BCUT2D eigenvalue weighted by Crippen LogP contribution is -2.51. The number of furan rings is 1. The SMILES string of the molecule is CCC/C(=C\c1ccc(CO)o1)CC[C@H]1OB(O)C[C@H]2C1=C(CO)C[C@H]1C(=O)c3ccccc3C(=O)[C@H]12. The Balaban J connectivity index is 1.44. The third kappa shape index (κ3) is 4.91. The maximum absolute atomic E-state index is 13.6. The molecule has 1 saturated heterocycles. The number of carbonyl (C=O) groups excluding carboxylic acids is 2. The van der Waals surface area contributed by atoms with Crippen LogP contribution in [0.25, 0.3) is 6.08 Å². The van der Waals surface area contributed by atoms with Gasteiger partial charge < -0.3 is 24.3 Å². The molecule has 2 heterocycles. The first kappa shape index (κ1) is 25.9. The second kappa shape index (κ2) is 10.9. The second-order valence-corrected chi connectivity index (χ2v) is 10.3. The summed E-state index contributed by atoms with van der Waals surface area (Å²) in [6, 6.07) is 10.5. The molecule has 8 heteroatoms. The van der Waals surface area contributed by atoms with Gasteiger partial charge in [0.05, 0.1) is 12.7 Å². The van der Waals surface area contributed by atoms with Crippen molar-refractivity contribution in [2.45, 2.75) is 58.1 Å². The van der Waals surface area contributed by atoms with Gasteiger partial charge >= 0.3 is 7.12 Å². The summed E-state index contributed by atoms with van der Waals surface area (Å²) in [5, 5.41) is 30.3. The van der Waals surface area contributed by atoms with Crippen LogP contribution in [-0.4, -0.2) is 46.6 Å². The fourth-order valence-electron chi connectivity index (χ4n) is 6.48. The fraction of sp³-hybridized carbons (Fsp3) is 0.448. The summed E-state index contributed by atoms with van der Waals surface area (Å²) in [7, 11) is -1.05. The molecule has 1 aliphatic heterocycles. The monoisotopic (exact) mass is 504 g/mol. The quantitative estimate of drug-likeness (QED) is 0.364. The van der Waals surface area contributed by atoms with Crippen molar-refractivity contribution < 1.29 is 33.9 Å². The van der Waals surface area contributed by atoms with E-state index in [1.54, 1.807) is 30.3 Å². The Kier molecular flexibility index (Phi) is 7.63. The van der Waals surface area contributed by atoms with Crippen molar-refractivity contribution in [3.8, 4) is 0 Å². The molecule has 0 saturated carbocycles. The van der Waals surface area contributed by atoms with E-state index in [0.717, 1.165) is 29.6 Å². The number of Topliss-reactive ketones (excluding diaryl/α,β-unsaturated/α-hetero) is 2. The molecule has 0 unspecified atom stereocenters. The molecule has 37 heavy (non-hydrogen) atoms. The van der Waals surface area contributed by atoms with E-state index in [2.05, 4.69) is 6.92 Å². The number of hydrogen-bond donors (Lipinski definition) is 3. The smallest absolute Gasteiger partial charge is 0.455 e. The molecular weight excluding hydrogens is 471 g/mol. The van der Waals surface area contributed by atoms with E-state index < -0.39 is 25.1 Å². The third-order valence-electron chi connectivity index (χ3n) is 8.04. The third-order valence-corrected chi connectivity index (χ3v) is 8.04.